The van der Waals surface area contributed by atoms with Gasteiger partial charge < -0.3 is 24.1 Å². The molecule has 1 saturated heterocycles. The third kappa shape index (κ3) is 5.65. The van der Waals surface area contributed by atoms with Gasteiger partial charge in [0.15, 0.2) is 6.29 Å². The Morgan fingerprint density at radius 1 is 0.926 bits per heavy atom. The van der Waals surface area contributed by atoms with E-state index in [0.29, 0.717) is 23.3 Å². The van der Waals surface area contributed by atoms with E-state index < -0.39 is 24.6 Å². The van der Waals surface area contributed by atoms with Crippen LogP contribution in [0.4, 0.5) is 0 Å². The summed E-state index contributed by atoms with van der Waals surface area (Å²) in [6, 6.07) is 14.8. The minimum absolute atomic E-state index is 0.269. The Morgan fingerprint density at radius 2 is 1.48 bits per heavy atom. The zero-order chi connectivity index (χ0) is 19.2. The number of ether oxygens (including phenoxy) is 4. The molecule has 0 radical (unpaired) electrons. The van der Waals surface area contributed by atoms with Gasteiger partial charge >= 0.3 is 0 Å². The summed E-state index contributed by atoms with van der Waals surface area (Å²) < 4.78 is 22.6. The zero-order valence-electron chi connectivity index (χ0n) is 14.9. The minimum atomic E-state index is -0.897. The van der Waals surface area contributed by atoms with Gasteiger partial charge in [0, 0.05) is 17.2 Å². The van der Waals surface area contributed by atoms with E-state index in [-0.39, 0.29) is 6.61 Å². The topological polar surface area (TPSA) is 57.2 Å². The van der Waals surface area contributed by atoms with E-state index in [1.54, 1.807) is 12.1 Å². The molecule has 0 amide bonds. The molecule has 2 aromatic carbocycles. The molecule has 0 aromatic heterocycles. The first-order valence-corrected chi connectivity index (χ1v) is 9.37. The molecule has 27 heavy (non-hydrogen) atoms. The summed E-state index contributed by atoms with van der Waals surface area (Å²) in [5.74, 6) is 0. The molecular formula is C20H22Cl2O5. The molecule has 7 heteroatoms. The van der Waals surface area contributed by atoms with Gasteiger partial charge in [-0.25, -0.2) is 0 Å². The molecule has 3 rings (SSSR count). The molecule has 0 saturated carbocycles. The largest absolute Gasteiger partial charge is 0.385 e. The van der Waals surface area contributed by atoms with Gasteiger partial charge in [0.1, 0.15) is 18.3 Å². The number of aliphatic hydroxyl groups excluding tert-OH is 1. The second-order valence-electron chi connectivity index (χ2n) is 6.31. The quantitative estimate of drug-likeness (QED) is 0.713. The molecule has 0 spiro atoms. The third-order valence-corrected chi connectivity index (χ3v) is 4.85. The number of rotatable bonds is 8. The van der Waals surface area contributed by atoms with Crippen molar-refractivity contribution in [3.05, 3.63) is 69.7 Å². The molecule has 0 aliphatic carbocycles. The lowest BCUT2D eigenvalue weighted by molar-refractivity contribution is -0.156. The molecule has 146 valence electrons. The van der Waals surface area contributed by atoms with Gasteiger partial charge in [0.05, 0.1) is 19.8 Å². The maximum Gasteiger partial charge on any atom is 0.186 e. The summed E-state index contributed by atoms with van der Waals surface area (Å²) in [5, 5.41) is 11.8. The highest BCUT2D eigenvalue weighted by molar-refractivity contribution is 6.30. The van der Waals surface area contributed by atoms with Crippen LogP contribution in [0.1, 0.15) is 11.1 Å². The fourth-order valence-electron chi connectivity index (χ4n) is 2.89. The van der Waals surface area contributed by atoms with Crippen molar-refractivity contribution < 1.29 is 24.1 Å². The Balaban J connectivity index is 1.55. The number of hydrogen-bond donors (Lipinski definition) is 1. The summed E-state index contributed by atoms with van der Waals surface area (Å²) in [6.45, 7) is 1.01. The fourth-order valence-corrected chi connectivity index (χ4v) is 3.14. The van der Waals surface area contributed by atoms with Crippen LogP contribution in [-0.4, -0.2) is 43.4 Å². The smallest absolute Gasteiger partial charge is 0.186 e. The van der Waals surface area contributed by atoms with Crippen LogP contribution >= 0.6 is 23.2 Å². The Kier molecular flexibility index (Phi) is 7.49. The van der Waals surface area contributed by atoms with Gasteiger partial charge in [-0.3, -0.25) is 0 Å². The van der Waals surface area contributed by atoms with Gasteiger partial charge in [0.2, 0.25) is 0 Å². The molecule has 1 N–H and O–H groups in total. The van der Waals surface area contributed by atoms with E-state index in [0.717, 1.165) is 11.1 Å². The molecule has 1 heterocycles. The van der Waals surface area contributed by atoms with Gasteiger partial charge in [0.25, 0.3) is 0 Å². The molecule has 0 bridgehead atoms. The first kappa shape index (κ1) is 20.6. The lowest BCUT2D eigenvalue weighted by Crippen LogP contribution is -2.37. The summed E-state index contributed by atoms with van der Waals surface area (Å²) in [5.41, 5.74) is 1.95. The highest BCUT2D eigenvalue weighted by atomic mass is 35.5. The standard InChI is InChI=1S/C20H22Cl2O5/c1-24-20-18(23)19(26-11-14-4-8-16(22)9-5-14)17(27-20)12-25-10-13-2-6-15(21)7-3-13/h2-9,17-20,23H,10-12H2,1H3/t17-,18+,19+,20-/m0/s1. The fraction of sp³-hybridized carbons (Fsp3) is 0.400. The average Bonchev–Trinajstić information content (AvgIpc) is 2.98. The lowest BCUT2D eigenvalue weighted by atomic mass is 10.1. The molecule has 1 aliphatic heterocycles. The van der Waals surface area contributed by atoms with Crippen molar-refractivity contribution in [1.82, 2.24) is 0 Å². The van der Waals surface area contributed by atoms with Crippen molar-refractivity contribution in [1.29, 1.82) is 0 Å². The van der Waals surface area contributed by atoms with Gasteiger partial charge in [-0.05, 0) is 35.4 Å². The number of halogens is 2. The summed E-state index contributed by atoms with van der Waals surface area (Å²) >= 11 is 11.8. The number of methoxy groups -OCH3 is 1. The Labute approximate surface area is 168 Å². The zero-order valence-corrected chi connectivity index (χ0v) is 16.4. The van der Waals surface area contributed by atoms with E-state index in [1.165, 1.54) is 7.11 Å². The Morgan fingerprint density at radius 3 is 2.04 bits per heavy atom. The highest BCUT2D eigenvalue weighted by Crippen LogP contribution is 2.26. The maximum atomic E-state index is 10.4. The second-order valence-corrected chi connectivity index (χ2v) is 7.19. The maximum absolute atomic E-state index is 10.4. The van der Waals surface area contributed by atoms with Crippen LogP contribution in [-0.2, 0) is 32.2 Å². The minimum Gasteiger partial charge on any atom is -0.385 e. The third-order valence-electron chi connectivity index (χ3n) is 4.34. The average molecular weight is 413 g/mol. The van der Waals surface area contributed by atoms with Crippen molar-refractivity contribution in [3.63, 3.8) is 0 Å². The molecule has 4 atom stereocenters. The van der Waals surface area contributed by atoms with Crippen LogP contribution in [0.15, 0.2) is 48.5 Å². The second kappa shape index (κ2) is 9.85. The van der Waals surface area contributed by atoms with Crippen molar-refractivity contribution in [2.75, 3.05) is 13.7 Å². The molecule has 1 fully saturated rings. The molecule has 2 aromatic rings. The monoisotopic (exact) mass is 412 g/mol. The number of aliphatic hydroxyl groups is 1. The van der Waals surface area contributed by atoms with E-state index in [9.17, 15) is 5.11 Å². The predicted molar refractivity (Wildman–Crippen MR) is 103 cm³/mol. The summed E-state index contributed by atoms with van der Waals surface area (Å²) in [7, 11) is 1.49. The van der Waals surface area contributed by atoms with Crippen molar-refractivity contribution in [2.45, 2.75) is 37.8 Å². The number of benzene rings is 2. The Hall–Kier alpha value is -1.18. The van der Waals surface area contributed by atoms with Crippen molar-refractivity contribution in [3.8, 4) is 0 Å². The van der Waals surface area contributed by atoms with Gasteiger partial charge in [-0.15, -0.1) is 0 Å². The van der Waals surface area contributed by atoms with Gasteiger partial charge in [-0.1, -0.05) is 47.5 Å². The van der Waals surface area contributed by atoms with Crippen LogP contribution in [0.25, 0.3) is 0 Å². The summed E-state index contributed by atoms with van der Waals surface area (Å²) in [6.07, 6.45) is -2.64. The predicted octanol–water partition coefficient (Wildman–Crippen LogP) is 3.83. The first-order chi connectivity index (χ1) is 13.1. The van der Waals surface area contributed by atoms with Crippen LogP contribution in [0.2, 0.25) is 10.0 Å². The van der Waals surface area contributed by atoms with E-state index in [1.807, 2.05) is 36.4 Å². The van der Waals surface area contributed by atoms with E-state index in [2.05, 4.69) is 0 Å². The molecule has 5 nitrogen and oxygen atoms in total. The normalized spacial score (nSPS) is 25.0. The van der Waals surface area contributed by atoms with Crippen LogP contribution in [0.5, 0.6) is 0 Å². The van der Waals surface area contributed by atoms with Crippen LogP contribution in [0.3, 0.4) is 0 Å². The van der Waals surface area contributed by atoms with E-state index >= 15 is 0 Å². The van der Waals surface area contributed by atoms with Crippen molar-refractivity contribution in [2.24, 2.45) is 0 Å². The summed E-state index contributed by atoms with van der Waals surface area (Å²) in [4.78, 5) is 0. The molecular weight excluding hydrogens is 391 g/mol. The van der Waals surface area contributed by atoms with Gasteiger partial charge in [-0.2, -0.15) is 0 Å². The molecule has 0 unspecified atom stereocenters. The molecule has 1 aliphatic rings. The van der Waals surface area contributed by atoms with E-state index in [4.69, 9.17) is 42.1 Å². The lowest BCUT2D eigenvalue weighted by Gasteiger charge is -2.21. The number of hydrogen-bond acceptors (Lipinski definition) is 5. The Bertz CT molecular complexity index is 707. The van der Waals surface area contributed by atoms with Crippen molar-refractivity contribution >= 4 is 23.2 Å². The van der Waals surface area contributed by atoms with Crippen LogP contribution in [0, 0.1) is 0 Å². The highest BCUT2D eigenvalue weighted by Gasteiger charge is 2.44. The first-order valence-electron chi connectivity index (χ1n) is 8.61. The van der Waals surface area contributed by atoms with Crippen LogP contribution < -0.4 is 0 Å². The SMILES string of the molecule is CO[C@H]1O[C@@H](COCc2ccc(Cl)cc2)[C@@H](OCc2ccc(Cl)cc2)[C@H]1O.